The Bertz CT molecular complexity index is 513. The summed E-state index contributed by atoms with van der Waals surface area (Å²) in [6, 6.07) is 16.4. The van der Waals surface area contributed by atoms with Gasteiger partial charge in [0.05, 0.1) is 6.61 Å². The second-order valence-corrected chi connectivity index (χ2v) is 5.21. The van der Waals surface area contributed by atoms with Crippen molar-refractivity contribution in [3.63, 3.8) is 0 Å². The lowest BCUT2D eigenvalue weighted by Gasteiger charge is -2.11. The van der Waals surface area contributed by atoms with Gasteiger partial charge in [0.25, 0.3) is 0 Å². The third-order valence-electron chi connectivity index (χ3n) is 2.99. The molecule has 2 nitrogen and oxygen atoms in total. The highest BCUT2D eigenvalue weighted by atomic mass is 79.9. The first-order valence-electron chi connectivity index (χ1n) is 6.45. The average Bonchev–Trinajstić information content (AvgIpc) is 2.45. The van der Waals surface area contributed by atoms with E-state index in [4.69, 9.17) is 10.5 Å². The van der Waals surface area contributed by atoms with E-state index in [2.05, 4.69) is 40.2 Å². The Kier molecular flexibility index (Phi) is 5.43. The van der Waals surface area contributed by atoms with Crippen molar-refractivity contribution < 1.29 is 4.74 Å². The summed E-state index contributed by atoms with van der Waals surface area (Å²) in [5, 5.41) is 0. The first-order valence-corrected chi connectivity index (χ1v) is 7.24. The van der Waals surface area contributed by atoms with Gasteiger partial charge >= 0.3 is 0 Å². The van der Waals surface area contributed by atoms with Crippen molar-refractivity contribution in [3.8, 4) is 5.75 Å². The van der Waals surface area contributed by atoms with Gasteiger partial charge in [0.1, 0.15) is 5.75 Å². The van der Waals surface area contributed by atoms with Crippen LogP contribution in [0.4, 0.5) is 0 Å². The van der Waals surface area contributed by atoms with Gasteiger partial charge in [-0.05, 0) is 30.5 Å². The maximum atomic E-state index is 5.82. The molecule has 0 radical (unpaired) electrons. The Morgan fingerprint density at radius 1 is 1.00 bits per heavy atom. The van der Waals surface area contributed by atoms with Gasteiger partial charge in [0.2, 0.25) is 0 Å². The fraction of sp³-hybridized carbons (Fsp3) is 0.250. The van der Waals surface area contributed by atoms with Crippen molar-refractivity contribution in [1.29, 1.82) is 0 Å². The molecule has 0 saturated carbocycles. The van der Waals surface area contributed by atoms with Crippen LogP contribution in [0.3, 0.4) is 0 Å². The highest BCUT2D eigenvalue weighted by molar-refractivity contribution is 9.10. The lowest BCUT2D eigenvalue weighted by molar-refractivity contribution is 0.307. The van der Waals surface area contributed by atoms with Crippen LogP contribution in [-0.4, -0.2) is 6.61 Å². The normalized spacial score (nSPS) is 10.4. The topological polar surface area (TPSA) is 35.2 Å². The Balaban J connectivity index is 1.85. The molecule has 0 unspecified atom stereocenters. The number of hydrogen-bond acceptors (Lipinski definition) is 2. The smallest absolute Gasteiger partial charge is 0.124 e. The van der Waals surface area contributed by atoms with E-state index < -0.39 is 0 Å². The zero-order chi connectivity index (χ0) is 13.5. The Morgan fingerprint density at radius 3 is 2.53 bits per heavy atom. The van der Waals surface area contributed by atoms with Crippen molar-refractivity contribution >= 4 is 15.9 Å². The fourth-order valence-electron chi connectivity index (χ4n) is 1.98. The predicted molar refractivity (Wildman–Crippen MR) is 82.3 cm³/mol. The molecule has 2 aromatic rings. The largest absolute Gasteiger partial charge is 0.493 e. The Labute approximate surface area is 122 Å². The molecule has 0 heterocycles. The van der Waals surface area contributed by atoms with Gasteiger partial charge in [-0.1, -0.05) is 52.3 Å². The van der Waals surface area contributed by atoms with Crippen molar-refractivity contribution in [2.45, 2.75) is 19.4 Å². The molecule has 0 fully saturated rings. The summed E-state index contributed by atoms with van der Waals surface area (Å²) >= 11 is 3.49. The molecular weight excluding hydrogens is 302 g/mol. The number of benzene rings is 2. The molecule has 0 bridgehead atoms. The predicted octanol–water partition coefficient (Wildman–Crippen LogP) is 3.92. The summed E-state index contributed by atoms with van der Waals surface area (Å²) in [5.41, 5.74) is 8.11. The van der Waals surface area contributed by atoms with Crippen LogP contribution in [0.1, 0.15) is 17.5 Å². The fourth-order valence-corrected chi connectivity index (χ4v) is 2.49. The van der Waals surface area contributed by atoms with Gasteiger partial charge in [-0.2, -0.15) is 0 Å². The molecule has 100 valence electrons. The van der Waals surface area contributed by atoms with E-state index in [-0.39, 0.29) is 0 Å². The molecule has 19 heavy (non-hydrogen) atoms. The molecule has 2 rings (SSSR count). The van der Waals surface area contributed by atoms with Gasteiger partial charge in [0.15, 0.2) is 0 Å². The summed E-state index contributed by atoms with van der Waals surface area (Å²) in [7, 11) is 0. The number of hydrogen-bond donors (Lipinski definition) is 1. The van der Waals surface area contributed by atoms with Gasteiger partial charge in [-0.25, -0.2) is 0 Å². The minimum Gasteiger partial charge on any atom is -0.493 e. The number of rotatable bonds is 6. The molecule has 2 N–H and O–H groups in total. The molecular formula is C16H18BrNO. The van der Waals surface area contributed by atoms with E-state index in [1.807, 2.05) is 24.3 Å². The average molecular weight is 320 g/mol. The highest BCUT2D eigenvalue weighted by Gasteiger charge is 2.05. The van der Waals surface area contributed by atoms with Crippen LogP contribution < -0.4 is 10.5 Å². The van der Waals surface area contributed by atoms with Crippen LogP contribution in [0.15, 0.2) is 53.0 Å². The van der Waals surface area contributed by atoms with E-state index in [1.54, 1.807) is 0 Å². The second kappa shape index (κ2) is 7.31. The monoisotopic (exact) mass is 319 g/mol. The summed E-state index contributed by atoms with van der Waals surface area (Å²) < 4.78 is 6.83. The molecule has 0 aromatic heterocycles. The number of halogens is 1. The van der Waals surface area contributed by atoms with Crippen LogP contribution in [0.2, 0.25) is 0 Å². The SMILES string of the molecule is NCc1c(Br)cccc1OCCCc1ccccc1. The lowest BCUT2D eigenvalue weighted by Crippen LogP contribution is -2.05. The van der Waals surface area contributed by atoms with Crippen LogP contribution in [0.25, 0.3) is 0 Å². The summed E-state index contributed by atoms with van der Waals surface area (Å²) in [6.07, 6.45) is 2.04. The van der Waals surface area contributed by atoms with E-state index >= 15 is 0 Å². The van der Waals surface area contributed by atoms with Crippen molar-refractivity contribution in [2.24, 2.45) is 5.73 Å². The minimum atomic E-state index is 0.482. The molecule has 0 aliphatic heterocycles. The Morgan fingerprint density at radius 2 is 1.79 bits per heavy atom. The molecule has 0 aliphatic rings. The van der Waals surface area contributed by atoms with Crippen molar-refractivity contribution in [3.05, 3.63) is 64.1 Å². The zero-order valence-corrected chi connectivity index (χ0v) is 12.4. The number of ether oxygens (including phenoxy) is 1. The second-order valence-electron chi connectivity index (χ2n) is 4.36. The van der Waals surface area contributed by atoms with E-state index in [1.165, 1.54) is 5.56 Å². The maximum Gasteiger partial charge on any atom is 0.124 e. The standard InChI is InChI=1S/C16H18BrNO/c17-15-9-4-10-16(14(15)12-18)19-11-5-8-13-6-2-1-3-7-13/h1-4,6-7,9-10H,5,8,11-12,18H2. The molecule has 0 atom stereocenters. The van der Waals surface area contributed by atoms with E-state index in [9.17, 15) is 0 Å². The van der Waals surface area contributed by atoms with Crippen LogP contribution in [0, 0.1) is 0 Å². The van der Waals surface area contributed by atoms with Gasteiger partial charge in [-0.15, -0.1) is 0 Å². The van der Waals surface area contributed by atoms with Crippen LogP contribution in [0.5, 0.6) is 5.75 Å². The molecule has 0 saturated heterocycles. The summed E-state index contributed by atoms with van der Waals surface area (Å²) in [5.74, 6) is 0.880. The number of aryl methyl sites for hydroxylation is 1. The van der Waals surface area contributed by atoms with Crippen LogP contribution in [-0.2, 0) is 13.0 Å². The minimum absolute atomic E-state index is 0.482. The van der Waals surface area contributed by atoms with E-state index in [0.717, 1.165) is 28.6 Å². The zero-order valence-electron chi connectivity index (χ0n) is 10.8. The van der Waals surface area contributed by atoms with Crippen LogP contribution >= 0.6 is 15.9 Å². The summed E-state index contributed by atoms with van der Waals surface area (Å²) in [4.78, 5) is 0. The first kappa shape index (κ1) is 14.1. The quantitative estimate of drug-likeness (QED) is 0.819. The molecule has 2 aromatic carbocycles. The summed E-state index contributed by atoms with van der Waals surface area (Å²) in [6.45, 7) is 1.19. The molecule has 0 aliphatic carbocycles. The molecule has 0 spiro atoms. The maximum absolute atomic E-state index is 5.82. The first-order chi connectivity index (χ1) is 9.31. The van der Waals surface area contributed by atoms with Gasteiger partial charge in [-0.3, -0.25) is 0 Å². The van der Waals surface area contributed by atoms with Gasteiger partial charge < -0.3 is 10.5 Å². The lowest BCUT2D eigenvalue weighted by atomic mass is 10.1. The van der Waals surface area contributed by atoms with Crippen molar-refractivity contribution in [2.75, 3.05) is 6.61 Å². The number of nitrogens with two attached hydrogens (primary N) is 1. The van der Waals surface area contributed by atoms with Gasteiger partial charge in [0, 0.05) is 16.6 Å². The van der Waals surface area contributed by atoms with E-state index in [0.29, 0.717) is 13.2 Å². The third-order valence-corrected chi connectivity index (χ3v) is 3.73. The molecule has 3 heteroatoms. The third kappa shape index (κ3) is 4.08. The highest BCUT2D eigenvalue weighted by Crippen LogP contribution is 2.26. The van der Waals surface area contributed by atoms with Crippen molar-refractivity contribution in [1.82, 2.24) is 0 Å². The molecule has 0 amide bonds. The Hall–Kier alpha value is -1.32.